The Balaban J connectivity index is 1.93. The summed E-state index contributed by atoms with van der Waals surface area (Å²) in [5, 5.41) is 8.28. The summed E-state index contributed by atoms with van der Waals surface area (Å²) in [6.07, 6.45) is 0. The van der Waals surface area contributed by atoms with Gasteiger partial charge in [0.2, 0.25) is 0 Å². The van der Waals surface area contributed by atoms with Crippen molar-refractivity contribution >= 4 is 38.9 Å². The van der Waals surface area contributed by atoms with Crippen molar-refractivity contribution in [2.24, 2.45) is 0 Å². The molecule has 106 valence electrons. The van der Waals surface area contributed by atoms with E-state index in [1.807, 2.05) is 38.1 Å². The number of anilines is 1. The SMILES string of the molecule is CC(C)NC(=O)c1ccc(NCc2cc(Br)cs2)cc1. The topological polar surface area (TPSA) is 41.1 Å². The zero-order chi connectivity index (χ0) is 14.5. The van der Waals surface area contributed by atoms with Crippen LogP contribution in [0.2, 0.25) is 0 Å². The summed E-state index contributed by atoms with van der Waals surface area (Å²) in [6, 6.07) is 9.78. The molecule has 0 spiro atoms. The number of rotatable bonds is 5. The summed E-state index contributed by atoms with van der Waals surface area (Å²) in [7, 11) is 0. The van der Waals surface area contributed by atoms with Crippen LogP contribution in [0.5, 0.6) is 0 Å². The molecule has 2 aromatic rings. The van der Waals surface area contributed by atoms with Crippen LogP contribution in [-0.2, 0) is 6.54 Å². The molecule has 0 unspecified atom stereocenters. The van der Waals surface area contributed by atoms with E-state index in [1.165, 1.54) is 4.88 Å². The lowest BCUT2D eigenvalue weighted by molar-refractivity contribution is 0.0943. The molecule has 0 bridgehead atoms. The van der Waals surface area contributed by atoms with Crippen LogP contribution < -0.4 is 10.6 Å². The molecular weight excluding hydrogens is 336 g/mol. The summed E-state index contributed by atoms with van der Waals surface area (Å²) in [5.74, 6) is -0.0336. The van der Waals surface area contributed by atoms with Crippen LogP contribution in [0.15, 0.2) is 40.2 Å². The Labute approximate surface area is 131 Å². The van der Waals surface area contributed by atoms with E-state index in [0.29, 0.717) is 5.56 Å². The first-order valence-electron chi connectivity index (χ1n) is 6.42. The number of hydrogen-bond donors (Lipinski definition) is 2. The number of carbonyl (C=O) groups excluding carboxylic acids is 1. The van der Waals surface area contributed by atoms with E-state index in [4.69, 9.17) is 0 Å². The normalized spacial score (nSPS) is 10.6. The van der Waals surface area contributed by atoms with E-state index < -0.39 is 0 Å². The molecule has 1 aromatic carbocycles. The van der Waals surface area contributed by atoms with Gasteiger partial charge in [0, 0.05) is 38.6 Å². The number of thiophene rings is 1. The van der Waals surface area contributed by atoms with Crippen molar-refractivity contribution in [2.45, 2.75) is 26.4 Å². The second kappa shape index (κ2) is 6.90. The zero-order valence-electron chi connectivity index (χ0n) is 11.4. The fourth-order valence-corrected chi connectivity index (χ4v) is 3.11. The van der Waals surface area contributed by atoms with Gasteiger partial charge in [-0.25, -0.2) is 0 Å². The molecule has 1 heterocycles. The fraction of sp³-hybridized carbons (Fsp3) is 0.267. The van der Waals surface area contributed by atoms with Crippen LogP contribution in [0, 0.1) is 0 Å². The number of halogens is 1. The first kappa shape index (κ1) is 15.1. The average Bonchev–Trinajstić information content (AvgIpc) is 2.82. The Kier molecular flexibility index (Phi) is 5.20. The Morgan fingerprint density at radius 2 is 2.00 bits per heavy atom. The van der Waals surface area contributed by atoms with Crippen molar-refractivity contribution in [2.75, 3.05) is 5.32 Å². The minimum atomic E-state index is -0.0336. The maximum Gasteiger partial charge on any atom is 0.251 e. The molecule has 0 fully saturated rings. The maximum absolute atomic E-state index is 11.8. The predicted molar refractivity (Wildman–Crippen MR) is 88.4 cm³/mol. The van der Waals surface area contributed by atoms with Gasteiger partial charge in [-0.2, -0.15) is 0 Å². The standard InChI is InChI=1S/C15H17BrN2OS/c1-10(2)18-15(19)11-3-5-13(6-4-11)17-8-14-7-12(16)9-20-14/h3-7,9-10,17H,8H2,1-2H3,(H,18,19). The third-order valence-corrected chi connectivity index (χ3v) is 4.35. The molecule has 3 nitrogen and oxygen atoms in total. The van der Waals surface area contributed by atoms with Gasteiger partial charge in [-0.15, -0.1) is 11.3 Å². The highest BCUT2D eigenvalue weighted by atomic mass is 79.9. The second-order valence-electron chi connectivity index (χ2n) is 4.79. The van der Waals surface area contributed by atoms with Crippen molar-refractivity contribution < 1.29 is 4.79 Å². The fourth-order valence-electron chi connectivity index (χ4n) is 1.72. The van der Waals surface area contributed by atoms with Gasteiger partial charge in [-0.1, -0.05) is 0 Å². The highest BCUT2D eigenvalue weighted by molar-refractivity contribution is 9.10. The van der Waals surface area contributed by atoms with Gasteiger partial charge in [-0.05, 0) is 60.1 Å². The Bertz CT molecular complexity index is 578. The molecule has 0 aliphatic carbocycles. The van der Waals surface area contributed by atoms with E-state index in [1.54, 1.807) is 11.3 Å². The highest BCUT2D eigenvalue weighted by Gasteiger charge is 2.06. The zero-order valence-corrected chi connectivity index (χ0v) is 13.8. The van der Waals surface area contributed by atoms with Crippen LogP contribution in [0.4, 0.5) is 5.69 Å². The molecule has 0 saturated heterocycles. The van der Waals surface area contributed by atoms with Crippen LogP contribution in [0.25, 0.3) is 0 Å². The summed E-state index contributed by atoms with van der Waals surface area (Å²) >= 11 is 5.15. The lowest BCUT2D eigenvalue weighted by Gasteiger charge is -2.09. The van der Waals surface area contributed by atoms with Crippen LogP contribution in [0.1, 0.15) is 29.1 Å². The molecule has 2 N–H and O–H groups in total. The summed E-state index contributed by atoms with van der Waals surface area (Å²) < 4.78 is 1.11. The van der Waals surface area contributed by atoms with Crippen molar-refractivity contribution in [1.29, 1.82) is 0 Å². The molecule has 1 amide bonds. The van der Waals surface area contributed by atoms with Gasteiger partial charge in [0.05, 0.1) is 0 Å². The van der Waals surface area contributed by atoms with Crippen LogP contribution in [-0.4, -0.2) is 11.9 Å². The molecule has 1 aromatic heterocycles. The smallest absolute Gasteiger partial charge is 0.251 e. The lowest BCUT2D eigenvalue weighted by atomic mass is 10.2. The van der Waals surface area contributed by atoms with Crippen molar-refractivity contribution in [3.05, 3.63) is 50.6 Å². The van der Waals surface area contributed by atoms with Crippen LogP contribution in [0.3, 0.4) is 0 Å². The van der Waals surface area contributed by atoms with E-state index in [2.05, 4.69) is 38.0 Å². The van der Waals surface area contributed by atoms with Crippen molar-refractivity contribution in [3.8, 4) is 0 Å². The molecule has 0 radical (unpaired) electrons. The number of hydrogen-bond acceptors (Lipinski definition) is 3. The predicted octanol–water partition coefficient (Wildman–Crippen LogP) is 4.26. The average molecular weight is 353 g/mol. The molecule has 20 heavy (non-hydrogen) atoms. The second-order valence-corrected chi connectivity index (χ2v) is 6.70. The summed E-state index contributed by atoms with van der Waals surface area (Å²) in [6.45, 7) is 4.69. The molecule has 5 heteroatoms. The van der Waals surface area contributed by atoms with E-state index >= 15 is 0 Å². The van der Waals surface area contributed by atoms with Gasteiger partial charge in [0.25, 0.3) is 5.91 Å². The van der Waals surface area contributed by atoms with Gasteiger partial charge in [0.1, 0.15) is 0 Å². The Morgan fingerprint density at radius 3 is 2.55 bits per heavy atom. The monoisotopic (exact) mass is 352 g/mol. The maximum atomic E-state index is 11.8. The number of carbonyl (C=O) groups is 1. The van der Waals surface area contributed by atoms with Gasteiger partial charge in [0.15, 0.2) is 0 Å². The number of nitrogens with one attached hydrogen (secondary N) is 2. The van der Waals surface area contributed by atoms with E-state index in [9.17, 15) is 4.79 Å². The largest absolute Gasteiger partial charge is 0.380 e. The summed E-state index contributed by atoms with van der Waals surface area (Å²) in [4.78, 5) is 13.1. The first-order chi connectivity index (χ1) is 9.54. The lowest BCUT2D eigenvalue weighted by Crippen LogP contribution is -2.29. The Morgan fingerprint density at radius 1 is 1.30 bits per heavy atom. The highest BCUT2D eigenvalue weighted by Crippen LogP contribution is 2.21. The third kappa shape index (κ3) is 4.35. The van der Waals surface area contributed by atoms with E-state index in [-0.39, 0.29) is 11.9 Å². The molecule has 0 aliphatic heterocycles. The van der Waals surface area contributed by atoms with Gasteiger partial charge < -0.3 is 10.6 Å². The molecule has 2 rings (SSSR count). The number of benzene rings is 1. The minimum absolute atomic E-state index is 0.0336. The third-order valence-electron chi connectivity index (χ3n) is 2.66. The quantitative estimate of drug-likeness (QED) is 0.843. The van der Waals surface area contributed by atoms with Gasteiger partial charge >= 0.3 is 0 Å². The summed E-state index contributed by atoms with van der Waals surface area (Å²) in [5.41, 5.74) is 1.69. The van der Waals surface area contributed by atoms with Gasteiger partial charge in [-0.3, -0.25) is 4.79 Å². The van der Waals surface area contributed by atoms with Crippen molar-refractivity contribution in [1.82, 2.24) is 5.32 Å². The molecular formula is C15H17BrN2OS. The minimum Gasteiger partial charge on any atom is -0.380 e. The van der Waals surface area contributed by atoms with Crippen molar-refractivity contribution in [3.63, 3.8) is 0 Å². The Hall–Kier alpha value is -1.33. The van der Waals surface area contributed by atoms with E-state index in [0.717, 1.165) is 16.7 Å². The molecule has 0 saturated carbocycles. The van der Waals surface area contributed by atoms with Crippen LogP contribution >= 0.6 is 27.3 Å². The molecule has 0 aliphatic rings. The first-order valence-corrected chi connectivity index (χ1v) is 8.09. The number of amides is 1. The molecule has 0 atom stereocenters.